The molecule has 1 aliphatic heterocycles. The maximum Gasteiger partial charge on any atom is 0.337 e. The van der Waals surface area contributed by atoms with Gasteiger partial charge in [0.25, 0.3) is 0 Å². The van der Waals surface area contributed by atoms with E-state index in [4.69, 9.17) is 5.11 Å². The predicted molar refractivity (Wildman–Crippen MR) is 73.4 cm³/mol. The summed E-state index contributed by atoms with van der Waals surface area (Å²) >= 11 is 0. The van der Waals surface area contributed by atoms with E-state index >= 15 is 0 Å². The Morgan fingerprint density at radius 3 is 2.53 bits per heavy atom. The Labute approximate surface area is 112 Å². The first-order valence-electron chi connectivity index (χ1n) is 6.18. The van der Waals surface area contributed by atoms with Crippen LogP contribution in [0.25, 0.3) is 0 Å². The molecule has 0 unspecified atom stereocenters. The fourth-order valence-electron chi connectivity index (χ4n) is 2.22. The van der Waals surface area contributed by atoms with Crippen molar-refractivity contribution >= 4 is 21.5 Å². The van der Waals surface area contributed by atoms with E-state index in [2.05, 4.69) is 5.32 Å². The van der Waals surface area contributed by atoms with Gasteiger partial charge in [-0.3, -0.25) is 0 Å². The zero-order valence-electron chi connectivity index (χ0n) is 10.7. The molecule has 2 rings (SSSR count). The third-order valence-electron chi connectivity index (χ3n) is 3.32. The SMILES string of the molecule is Cc1ccc(NC2CCS(=O)(=O)CC2)c(C(=O)O)c1. The van der Waals surface area contributed by atoms with Gasteiger partial charge in [-0.2, -0.15) is 0 Å². The molecule has 0 spiro atoms. The molecular weight excluding hydrogens is 266 g/mol. The van der Waals surface area contributed by atoms with Crippen LogP contribution < -0.4 is 5.32 Å². The first-order valence-corrected chi connectivity index (χ1v) is 8.00. The predicted octanol–water partition coefficient (Wildman–Crippen LogP) is 1.68. The summed E-state index contributed by atoms with van der Waals surface area (Å²) in [5.74, 6) is -0.646. The van der Waals surface area contributed by atoms with E-state index in [-0.39, 0.29) is 23.1 Å². The van der Waals surface area contributed by atoms with Crippen LogP contribution in [0.3, 0.4) is 0 Å². The minimum atomic E-state index is -2.90. The van der Waals surface area contributed by atoms with E-state index in [1.165, 1.54) is 0 Å². The topological polar surface area (TPSA) is 83.5 Å². The number of carboxylic acids is 1. The lowest BCUT2D eigenvalue weighted by Gasteiger charge is -2.24. The number of carbonyl (C=O) groups is 1. The summed E-state index contributed by atoms with van der Waals surface area (Å²) < 4.78 is 22.7. The van der Waals surface area contributed by atoms with Crippen molar-refractivity contribution in [3.63, 3.8) is 0 Å². The highest BCUT2D eigenvalue weighted by molar-refractivity contribution is 7.91. The lowest BCUT2D eigenvalue weighted by atomic mass is 10.1. The van der Waals surface area contributed by atoms with Gasteiger partial charge in [0.2, 0.25) is 0 Å². The van der Waals surface area contributed by atoms with E-state index in [1.54, 1.807) is 12.1 Å². The van der Waals surface area contributed by atoms with E-state index in [0.717, 1.165) is 5.56 Å². The number of sulfone groups is 1. The Balaban J connectivity index is 2.14. The first kappa shape index (κ1) is 13.9. The lowest BCUT2D eigenvalue weighted by Crippen LogP contribution is -2.32. The molecule has 2 N–H and O–H groups in total. The molecule has 0 saturated carbocycles. The summed E-state index contributed by atoms with van der Waals surface area (Å²) in [5, 5.41) is 12.3. The minimum Gasteiger partial charge on any atom is -0.478 e. The van der Waals surface area contributed by atoms with Gasteiger partial charge in [-0.25, -0.2) is 13.2 Å². The first-order chi connectivity index (χ1) is 8.87. The van der Waals surface area contributed by atoms with Gasteiger partial charge in [0.1, 0.15) is 9.84 Å². The number of aromatic carboxylic acids is 1. The van der Waals surface area contributed by atoms with Crippen LogP contribution >= 0.6 is 0 Å². The highest BCUT2D eigenvalue weighted by Gasteiger charge is 2.24. The summed E-state index contributed by atoms with van der Waals surface area (Å²) in [5.41, 5.74) is 1.67. The molecule has 0 radical (unpaired) electrons. The number of nitrogens with one attached hydrogen (secondary N) is 1. The van der Waals surface area contributed by atoms with E-state index in [0.29, 0.717) is 18.5 Å². The number of hydrogen-bond donors (Lipinski definition) is 2. The highest BCUT2D eigenvalue weighted by Crippen LogP contribution is 2.22. The minimum absolute atomic E-state index is 0.0179. The Morgan fingerprint density at radius 2 is 1.95 bits per heavy atom. The molecule has 6 heteroatoms. The zero-order valence-corrected chi connectivity index (χ0v) is 11.5. The number of anilines is 1. The molecule has 0 amide bonds. The van der Waals surface area contributed by atoms with Crippen molar-refractivity contribution in [2.45, 2.75) is 25.8 Å². The Bertz CT molecular complexity index is 581. The Hall–Kier alpha value is -1.56. The molecule has 0 aliphatic carbocycles. The van der Waals surface area contributed by atoms with Crippen LogP contribution in [0.5, 0.6) is 0 Å². The van der Waals surface area contributed by atoms with Gasteiger partial charge in [0.15, 0.2) is 0 Å². The van der Waals surface area contributed by atoms with Crippen LogP contribution in [0.15, 0.2) is 18.2 Å². The molecule has 0 atom stereocenters. The van der Waals surface area contributed by atoms with Crippen LogP contribution in [-0.4, -0.2) is 37.0 Å². The molecule has 1 fully saturated rings. The van der Waals surface area contributed by atoms with Crippen molar-refractivity contribution in [2.75, 3.05) is 16.8 Å². The summed E-state index contributed by atoms with van der Waals surface area (Å²) in [6, 6.07) is 5.21. The van der Waals surface area contributed by atoms with Gasteiger partial charge >= 0.3 is 5.97 Å². The van der Waals surface area contributed by atoms with Gasteiger partial charge < -0.3 is 10.4 Å². The van der Waals surface area contributed by atoms with Crippen molar-refractivity contribution in [2.24, 2.45) is 0 Å². The third kappa shape index (κ3) is 3.47. The van der Waals surface area contributed by atoms with Gasteiger partial charge in [-0.05, 0) is 31.9 Å². The van der Waals surface area contributed by atoms with Crippen molar-refractivity contribution in [1.29, 1.82) is 0 Å². The third-order valence-corrected chi connectivity index (χ3v) is 5.04. The number of carboxylic acid groups (broad SMARTS) is 1. The Kier molecular flexibility index (Phi) is 3.80. The summed E-state index contributed by atoms with van der Waals surface area (Å²) in [4.78, 5) is 11.2. The largest absolute Gasteiger partial charge is 0.478 e. The van der Waals surface area contributed by atoms with Crippen LogP contribution in [0.4, 0.5) is 5.69 Å². The summed E-state index contributed by atoms with van der Waals surface area (Å²) in [7, 11) is -2.90. The number of benzene rings is 1. The molecule has 5 nitrogen and oxygen atoms in total. The average Bonchev–Trinajstić information content (AvgIpc) is 2.33. The molecule has 0 bridgehead atoms. The monoisotopic (exact) mass is 283 g/mol. The van der Waals surface area contributed by atoms with Gasteiger partial charge in [-0.1, -0.05) is 11.6 Å². The van der Waals surface area contributed by atoms with Crippen LogP contribution in [0, 0.1) is 6.92 Å². The number of aryl methyl sites for hydroxylation is 1. The normalized spacial score (nSPS) is 19.0. The number of hydrogen-bond acceptors (Lipinski definition) is 4. The Morgan fingerprint density at radius 1 is 1.32 bits per heavy atom. The van der Waals surface area contributed by atoms with Crippen molar-refractivity contribution < 1.29 is 18.3 Å². The lowest BCUT2D eigenvalue weighted by molar-refractivity contribution is 0.0697. The van der Waals surface area contributed by atoms with Crippen molar-refractivity contribution in [3.05, 3.63) is 29.3 Å². The molecule has 1 aromatic carbocycles. The van der Waals surface area contributed by atoms with Gasteiger partial charge in [-0.15, -0.1) is 0 Å². The van der Waals surface area contributed by atoms with Crippen molar-refractivity contribution in [1.82, 2.24) is 0 Å². The second-order valence-corrected chi connectivity index (χ2v) is 7.23. The molecular formula is C13H17NO4S. The van der Waals surface area contributed by atoms with E-state index < -0.39 is 15.8 Å². The standard InChI is InChI=1S/C13H17NO4S/c1-9-2-3-12(11(8-9)13(15)16)14-10-4-6-19(17,18)7-5-10/h2-3,8,10,14H,4-7H2,1H3,(H,15,16). The van der Waals surface area contributed by atoms with Gasteiger partial charge in [0.05, 0.1) is 17.1 Å². The van der Waals surface area contributed by atoms with E-state index in [1.807, 2.05) is 13.0 Å². The molecule has 1 heterocycles. The maximum absolute atomic E-state index is 11.3. The molecule has 1 aromatic rings. The fourth-order valence-corrected chi connectivity index (χ4v) is 3.71. The molecule has 1 saturated heterocycles. The molecule has 19 heavy (non-hydrogen) atoms. The second-order valence-electron chi connectivity index (χ2n) is 4.92. The zero-order chi connectivity index (χ0) is 14.0. The molecule has 104 valence electrons. The van der Waals surface area contributed by atoms with Crippen LogP contribution in [-0.2, 0) is 9.84 Å². The maximum atomic E-state index is 11.3. The quantitative estimate of drug-likeness (QED) is 0.882. The second kappa shape index (κ2) is 5.21. The van der Waals surface area contributed by atoms with E-state index in [9.17, 15) is 13.2 Å². The molecule has 0 aromatic heterocycles. The van der Waals surface area contributed by atoms with Gasteiger partial charge in [0, 0.05) is 11.7 Å². The summed E-state index contributed by atoms with van der Waals surface area (Å²) in [6.45, 7) is 1.84. The fraction of sp³-hybridized carbons (Fsp3) is 0.462. The molecule has 1 aliphatic rings. The van der Waals surface area contributed by atoms with Crippen LogP contribution in [0.2, 0.25) is 0 Å². The summed E-state index contributed by atoms with van der Waals surface area (Å²) in [6.07, 6.45) is 1.05. The highest BCUT2D eigenvalue weighted by atomic mass is 32.2. The number of rotatable bonds is 3. The van der Waals surface area contributed by atoms with Crippen molar-refractivity contribution in [3.8, 4) is 0 Å². The smallest absolute Gasteiger partial charge is 0.337 e. The van der Waals surface area contributed by atoms with Crippen LogP contribution in [0.1, 0.15) is 28.8 Å². The average molecular weight is 283 g/mol.